The van der Waals surface area contributed by atoms with Crippen molar-refractivity contribution < 1.29 is 28.9 Å². The van der Waals surface area contributed by atoms with Gasteiger partial charge in [0.2, 0.25) is 5.60 Å². The predicted molar refractivity (Wildman–Crippen MR) is 210 cm³/mol. The maximum absolute atomic E-state index is 13.6. The SMILES string of the molecule is CCCOC(C(=O)OC1CCN(C)CC1)(c1ccccc1)c1ccccc1.CCN(CC)CC#CCOC(=O)C(O)(c1ccccc1)C1CCCCC1. The molecular weight excluding hydrogens is 665 g/mol. The van der Waals surface area contributed by atoms with Crippen molar-refractivity contribution in [1.29, 1.82) is 0 Å². The van der Waals surface area contributed by atoms with Crippen LogP contribution in [0.15, 0.2) is 91.0 Å². The summed E-state index contributed by atoms with van der Waals surface area (Å²) in [6, 6.07) is 28.6. The predicted octanol–water partition coefficient (Wildman–Crippen LogP) is 7.34. The molecule has 286 valence electrons. The standard InChI is InChI=1S/C23H29NO3.C22H31NO3/c1-3-18-26-23(19-10-6-4-7-11-19,20-12-8-5-9-13-20)22(25)27-21-14-16-24(2)17-15-21;1-3-23(4-2)17-11-12-18-26-21(24)22(25,19-13-7-5-8-14-19)20-15-9-6-10-16-20/h4-13,21H,3,14-18H2,1-2H3;5,7-8,13-14,20,25H,3-4,6,9-10,15-18H2,1-2H3. The fourth-order valence-electron chi connectivity index (χ4n) is 7.18. The van der Waals surface area contributed by atoms with Crippen molar-refractivity contribution in [2.75, 3.05) is 53.0 Å². The lowest BCUT2D eigenvalue weighted by molar-refractivity contribution is -0.176. The molecule has 1 saturated carbocycles. The lowest BCUT2D eigenvalue weighted by atomic mass is 9.73. The number of piperidine rings is 1. The van der Waals surface area contributed by atoms with Gasteiger partial charge in [0.25, 0.3) is 0 Å². The number of aliphatic hydroxyl groups is 1. The zero-order chi connectivity index (χ0) is 37.9. The third-order valence-corrected chi connectivity index (χ3v) is 10.4. The van der Waals surface area contributed by atoms with E-state index in [4.69, 9.17) is 14.2 Å². The van der Waals surface area contributed by atoms with Crippen LogP contribution in [0.2, 0.25) is 0 Å². The molecule has 0 radical (unpaired) electrons. The largest absolute Gasteiger partial charge is 0.460 e. The van der Waals surface area contributed by atoms with Gasteiger partial charge in [-0.25, -0.2) is 9.59 Å². The van der Waals surface area contributed by atoms with Crippen LogP contribution in [0, 0.1) is 17.8 Å². The number of nitrogens with zero attached hydrogens (tertiary/aromatic N) is 2. The van der Waals surface area contributed by atoms with Gasteiger partial charge in [-0.15, -0.1) is 0 Å². The summed E-state index contributed by atoms with van der Waals surface area (Å²) in [5, 5.41) is 11.4. The number of benzene rings is 3. The molecule has 0 bridgehead atoms. The average molecular weight is 725 g/mol. The molecule has 1 saturated heterocycles. The molecule has 8 heteroatoms. The molecule has 0 amide bonds. The van der Waals surface area contributed by atoms with E-state index in [0.29, 0.717) is 18.7 Å². The highest BCUT2D eigenvalue weighted by atomic mass is 16.6. The summed E-state index contributed by atoms with van der Waals surface area (Å²) in [6.07, 6.45) is 7.39. The van der Waals surface area contributed by atoms with Gasteiger partial charge < -0.3 is 24.2 Å². The number of hydrogen-bond donors (Lipinski definition) is 1. The average Bonchev–Trinajstić information content (AvgIpc) is 3.21. The van der Waals surface area contributed by atoms with Crippen molar-refractivity contribution in [3.63, 3.8) is 0 Å². The van der Waals surface area contributed by atoms with E-state index in [-0.39, 0.29) is 24.6 Å². The first-order chi connectivity index (χ1) is 25.8. The van der Waals surface area contributed by atoms with E-state index in [2.05, 4.69) is 42.5 Å². The summed E-state index contributed by atoms with van der Waals surface area (Å²) in [5.74, 6) is 4.93. The van der Waals surface area contributed by atoms with Gasteiger partial charge in [0.05, 0.1) is 6.54 Å². The first-order valence-corrected chi connectivity index (χ1v) is 19.6. The topological polar surface area (TPSA) is 88.5 Å². The molecule has 1 aliphatic heterocycles. The molecule has 8 nitrogen and oxygen atoms in total. The fourth-order valence-corrected chi connectivity index (χ4v) is 7.18. The molecule has 1 aliphatic carbocycles. The fraction of sp³-hybridized carbons (Fsp3) is 0.511. The van der Waals surface area contributed by atoms with E-state index in [0.717, 1.165) is 88.7 Å². The third kappa shape index (κ3) is 11.3. The number of likely N-dealkylation sites (tertiary alicyclic amines) is 1. The maximum atomic E-state index is 13.6. The molecule has 0 spiro atoms. The van der Waals surface area contributed by atoms with Gasteiger partial charge in [-0.05, 0) is 68.9 Å². The molecule has 53 heavy (non-hydrogen) atoms. The van der Waals surface area contributed by atoms with Crippen LogP contribution in [0.4, 0.5) is 0 Å². The molecule has 1 atom stereocenters. The Bertz CT molecular complexity index is 1520. The Labute approximate surface area is 317 Å². The minimum Gasteiger partial charge on any atom is -0.460 e. The van der Waals surface area contributed by atoms with E-state index in [9.17, 15) is 14.7 Å². The minimum absolute atomic E-state index is 0.0158. The van der Waals surface area contributed by atoms with E-state index in [1.165, 1.54) is 0 Å². The Hall–Kier alpha value is -4.00. The summed E-state index contributed by atoms with van der Waals surface area (Å²) < 4.78 is 17.7. The van der Waals surface area contributed by atoms with Crippen LogP contribution in [0.3, 0.4) is 0 Å². The number of esters is 2. The zero-order valence-corrected chi connectivity index (χ0v) is 32.3. The first-order valence-electron chi connectivity index (χ1n) is 19.6. The molecule has 1 N–H and O–H groups in total. The van der Waals surface area contributed by atoms with Gasteiger partial charge in [0.1, 0.15) is 6.10 Å². The highest BCUT2D eigenvalue weighted by Crippen LogP contribution is 2.40. The van der Waals surface area contributed by atoms with Crippen LogP contribution in [0.5, 0.6) is 0 Å². The third-order valence-electron chi connectivity index (χ3n) is 10.4. The normalized spacial score (nSPS) is 16.7. The summed E-state index contributed by atoms with van der Waals surface area (Å²) in [4.78, 5) is 30.8. The second-order valence-corrected chi connectivity index (χ2v) is 14.0. The van der Waals surface area contributed by atoms with Crippen molar-refractivity contribution >= 4 is 11.9 Å². The van der Waals surface area contributed by atoms with Crippen LogP contribution in [0.1, 0.15) is 88.8 Å². The van der Waals surface area contributed by atoms with Gasteiger partial charge in [-0.3, -0.25) is 4.90 Å². The van der Waals surface area contributed by atoms with Crippen LogP contribution in [-0.2, 0) is 35.0 Å². The zero-order valence-electron chi connectivity index (χ0n) is 32.3. The summed E-state index contributed by atoms with van der Waals surface area (Å²) in [5.41, 5.74) is -0.581. The maximum Gasteiger partial charge on any atom is 0.348 e. The Morgan fingerprint density at radius 2 is 1.28 bits per heavy atom. The smallest absolute Gasteiger partial charge is 0.348 e. The molecule has 2 aliphatic rings. The van der Waals surface area contributed by atoms with E-state index < -0.39 is 17.2 Å². The van der Waals surface area contributed by atoms with Gasteiger partial charge in [0.15, 0.2) is 12.2 Å². The molecular formula is C45H60N2O6. The van der Waals surface area contributed by atoms with Crippen molar-refractivity contribution in [2.24, 2.45) is 5.92 Å². The van der Waals surface area contributed by atoms with Crippen LogP contribution in [0.25, 0.3) is 0 Å². The van der Waals surface area contributed by atoms with Crippen molar-refractivity contribution in [3.8, 4) is 11.8 Å². The first kappa shape index (κ1) is 41.8. The number of rotatable bonds is 14. The lowest BCUT2D eigenvalue weighted by Crippen LogP contribution is -2.45. The van der Waals surface area contributed by atoms with Gasteiger partial charge in [-0.1, -0.05) is 143 Å². The molecule has 2 fully saturated rings. The van der Waals surface area contributed by atoms with Crippen LogP contribution >= 0.6 is 0 Å². The van der Waals surface area contributed by atoms with Crippen molar-refractivity contribution in [3.05, 3.63) is 108 Å². The van der Waals surface area contributed by atoms with Crippen molar-refractivity contribution in [1.82, 2.24) is 9.80 Å². The Morgan fingerprint density at radius 1 is 0.755 bits per heavy atom. The molecule has 0 aromatic heterocycles. The Balaban J connectivity index is 0.000000237. The summed E-state index contributed by atoms with van der Waals surface area (Å²) >= 11 is 0. The van der Waals surface area contributed by atoms with Gasteiger partial charge >= 0.3 is 11.9 Å². The van der Waals surface area contributed by atoms with Gasteiger partial charge in [0, 0.05) is 25.6 Å². The molecule has 5 rings (SSSR count). The Kier molecular flexibility index (Phi) is 17.0. The molecule has 1 heterocycles. The summed E-state index contributed by atoms with van der Waals surface area (Å²) in [6.45, 7) is 11.2. The highest BCUT2D eigenvalue weighted by molar-refractivity contribution is 5.86. The molecule has 3 aromatic carbocycles. The van der Waals surface area contributed by atoms with E-state index in [1.807, 2.05) is 97.9 Å². The number of hydrogen-bond acceptors (Lipinski definition) is 8. The molecule has 1 unspecified atom stereocenters. The van der Waals surface area contributed by atoms with Crippen molar-refractivity contribution in [2.45, 2.75) is 89.4 Å². The van der Waals surface area contributed by atoms with E-state index in [1.54, 1.807) is 0 Å². The second kappa shape index (κ2) is 21.6. The minimum atomic E-state index is -1.58. The number of carbonyl (C=O) groups is 2. The monoisotopic (exact) mass is 724 g/mol. The molecule has 3 aromatic rings. The van der Waals surface area contributed by atoms with Crippen LogP contribution in [-0.4, -0.2) is 85.9 Å². The van der Waals surface area contributed by atoms with Crippen LogP contribution < -0.4 is 0 Å². The lowest BCUT2D eigenvalue weighted by Gasteiger charge is -2.36. The van der Waals surface area contributed by atoms with E-state index >= 15 is 0 Å². The number of carbonyl (C=O) groups excluding carboxylic acids is 2. The number of ether oxygens (including phenoxy) is 3. The summed E-state index contributed by atoms with van der Waals surface area (Å²) in [7, 11) is 2.10. The highest BCUT2D eigenvalue weighted by Gasteiger charge is 2.47. The quantitative estimate of drug-likeness (QED) is 0.137. The Morgan fingerprint density at radius 3 is 1.79 bits per heavy atom. The second-order valence-electron chi connectivity index (χ2n) is 14.0. The van der Waals surface area contributed by atoms with Gasteiger partial charge in [-0.2, -0.15) is 0 Å².